The summed E-state index contributed by atoms with van der Waals surface area (Å²) in [4.78, 5) is 28.2. The number of anilines is 1. The Morgan fingerprint density at radius 3 is 2.82 bits per heavy atom. The predicted octanol–water partition coefficient (Wildman–Crippen LogP) is 3.92. The molecule has 3 aromatic rings. The first-order valence-electron chi connectivity index (χ1n) is 10.7. The molecular formula is C24H24FN5O3. The van der Waals surface area contributed by atoms with Crippen LogP contribution in [0.3, 0.4) is 0 Å². The van der Waals surface area contributed by atoms with Gasteiger partial charge in [0, 0.05) is 24.5 Å². The van der Waals surface area contributed by atoms with Gasteiger partial charge < -0.3 is 15.4 Å². The molecule has 170 valence electrons. The van der Waals surface area contributed by atoms with E-state index in [-0.39, 0.29) is 24.2 Å². The van der Waals surface area contributed by atoms with E-state index in [0.29, 0.717) is 17.0 Å². The van der Waals surface area contributed by atoms with Crippen molar-refractivity contribution in [3.8, 4) is 11.5 Å². The molecule has 1 aliphatic carbocycles. The Morgan fingerprint density at radius 2 is 2.06 bits per heavy atom. The SMILES string of the molecule is O=C(/C=C/c1ccc(Oc2cccnc2)c(F)c1)Nc1cnn(CC(=O)NC2CCCC2)c1. The Bertz CT molecular complexity index is 1140. The van der Waals surface area contributed by atoms with Crippen molar-refractivity contribution in [2.75, 3.05) is 5.32 Å². The van der Waals surface area contributed by atoms with E-state index >= 15 is 0 Å². The predicted molar refractivity (Wildman–Crippen MR) is 121 cm³/mol. The normalized spacial score (nSPS) is 13.8. The number of ether oxygens (including phenoxy) is 1. The Morgan fingerprint density at radius 1 is 1.21 bits per heavy atom. The molecule has 0 bridgehead atoms. The van der Waals surface area contributed by atoms with Crippen LogP contribution in [0, 0.1) is 5.82 Å². The molecule has 8 nitrogen and oxygen atoms in total. The maximum absolute atomic E-state index is 14.3. The van der Waals surface area contributed by atoms with Crippen LogP contribution in [0.15, 0.2) is 61.2 Å². The third-order valence-electron chi connectivity index (χ3n) is 5.17. The molecule has 0 unspecified atom stereocenters. The second-order valence-corrected chi connectivity index (χ2v) is 7.78. The van der Waals surface area contributed by atoms with Gasteiger partial charge in [0.1, 0.15) is 12.3 Å². The molecular weight excluding hydrogens is 425 g/mol. The number of hydrogen-bond acceptors (Lipinski definition) is 5. The molecule has 1 fully saturated rings. The van der Waals surface area contributed by atoms with Gasteiger partial charge in [0.15, 0.2) is 11.6 Å². The van der Waals surface area contributed by atoms with Crippen molar-refractivity contribution in [3.63, 3.8) is 0 Å². The zero-order chi connectivity index (χ0) is 23.0. The van der Waals surface area contributed by atoms with Crippen LogP contribution in [0.2, 0.25) is 0 Å². The van der Waals surface area contributed by atoms with E-state index in [9.17, 15) is 14.0 Å². The third kappa shape index (κ3) is 6.49. The number of nitrogens with zero attached hydrogens (tertiary/aromatic N) is 3. The molecule has 9 heteroatoms. The fourth-order valence-corrected chi connectivity index (χ4v) is 3.60. The van der Waals surface area contributed by atoms with Gasteiger partial charge in [0.05, 0.1) is 18.1 Å². The maximum atomic E-state index is 14.3. The number of nitrogens with one attached hydrogen (secondary N) is 2. The van der Waals surface area contributed by atoms with Gasteiger partial charge in [0.2, 0.25) is 11.8 Å². The number of aromatic nitrogens is 3. The van der Waals surface area contributed by atoms with Crippen LogP contribution < -0.4 is 15.4 Å². The van der Waals surface area contributed by atoms with Gasteiger partial charge >= 0.3 is 0 Å². The first kappa shape index (κ1) is 22.2. The fourth-order valence-electron chi connectivity index (χ4n) is 3.60. The molecule has 1 aromatic carbocycles. The number of carbonyl (C=O) groups is 2. The Labute approximate surface area is 190 Å². The lowest BCUT2D eigenvalue weighted by Gasteiger charge is -2.11. The largest absolute Gasteiger partial charge is 0.453 e. The standard InChI is InChI=1S/C24H24FN5O3/c25-21-12-17(7-9-22(21)33-20-6-3-11-26-14-20)8-10-23(31)29-19-13-27-30(15-19)16-24(32)28-18-4-1-2-5-18/h3,6-15,18H,1-2,4-5,16H2,(H,28,32)(H,29,31)/b10-8+. The summed E-state index contributed by atoms with van der Waals surface area (Å²) >= 11 is 0. The van der Waals surface area contributed by atoms with Gasteiger partial charge in [-0.1, -0.05) is 18.9 Å². The molecule has 2 amide bonds. The number of rotatable bonds is 8. The van der Waals surface area contributed by atoms with Gasteiger partial charge in [-0.2, -0.15) is 5.10 Å². The summed E-state index contributed by atoms with van der Waals surface area (Å²) in [5.41, 5.74) is 0.963. The van der Waals surface area contributed by atoms with Crippen molar-refractivity contribution in [2.24, 2.45) is 0 Å². The highest BCUT2D eigenvalue weighted by molar-refractivity contribution is 6.01. The molecule has 0 aliphatic heterocycles. The lowest BCUT2D eigenvalue weighted by atomic mass is 10.2. The summed E-state index contributed by atoms with van der Waals surface area (Å²) in [6, 6.07) is 8.02. The number of carbonyl (C=O) groups excluding carboxylic acids is 2. The van der Waals surface area contributed by atoms with E-state index in [1.807, 2.05) is 0 Å². The van der Waals surface area contributed by atoms with E-state index in [4.69, 9.17) is 4.74 Å². The van der Waals surface area contributed by atoms with Crippen LogP contribution in [-0.2, 0) is 16.1 Å². The number of hydrogen-bond donors (Lipinski definition) is 2. The summed E-state index contributed by atoms with van der Waals surface area (Å²) < 4.78 is 21.2. The lowest BCUT2D eigenvalue weighted by Crippen LogP contribution is -2.35. The first-order chi connectivity index (χ1) is 16.0. The van der Waals surface area contributed by atoms with Crippen LogP contribution in [-0.4, -0.2) is 32.6 Å². The minimum atomic E-state index is -0.557. The van der Waals surface area contributed by atoms with Crippen molar-refractivity contribution in [2.45, 2.75) is 38.3 Å². The molecule has 2 aromatic heterocycles. The minimum absolute atomic E-state index is 0.0639. The van der Waals surface area contributed by atoms with Crippen LogP contribution in [0.25, 0.3) is 6.08 Å². The summed E-state index contributed by atoms with van der Waals surface area (Å²) in [5.74, 6) is -0.565. The van der Waals surface area contributed by atoms with E-state index < -0.39 is 11.7 Å². The minimum Gasteiger partial charge on any atom is -0.453 e. The zero-order valence-electron chi connectivity index (χ0n) is 17.9. The van der Waals surface area contributed by atoms with Crippen LogP contribution in [0.1, 0.15) is 31.2 Å². The second kappa shape index (κ2) is 10.5. The average Bonchev–Trinajstić information content (AvgIpc) is 3.47. The van der Waals surface area contributed by atoms with Crippen molar-refractivity contribution >= 4 is 23.6 Å². The highest BCUT2D eigenvalue weighted by Crippen LogP contribution is 2.25. The number of benzene rings is 1. The summed E-state index contributed by atoms with van der Waals surface area (Å²) in [7, 11) is 0. The molecule has 1 aliphatic rings. The first-order valence-corrected chi connectivity index (χ1v) is 10.7. The van der Waals surface area contributed by atoms with Crippen molar-refractivity contribution in [1.82, 2.24) is 20.1 Å². The monoisotopic (exact) mass is 449 g/mol. The third-order valence-corrected chi connectivity index (χ3v) is 5.17. The molecule has 33 heavy (non-hydrogen) atoms. The molecule has 0 spiro atoms. The molecule has 0 saturated heterocycles. The van der Waals surface area contributed by atoms with Crippen LogP contribution in [0.4, 0.5) is 10.1 Å². The molecule has 1 saturated carbocycles. The van der Waals surface area contributed by atoms with E-state index in [1.165, 1.54) is 41.4 Å². The second-order valence-electron chi connectivity index (χ2n) is 7.78. The van der Waals surface area contributed by atoms with E-state index in [1.54, 1.807) is 30.6 Å². The number of amides is 2. The van der Waals surface area contributed by atoms with Gasteiger partial charge in [0.25, 0.3) is 0 Å². The number of pyridine rings is 1. The quantitative estimate of drug-likeness (QED) is 0.508. The van der Waals surface area contributed by atoms with Crippen molar-refractivity contribution < 1.29 is 18.7 Å². The zero-order valence-corrected chi connectivity index (χ0v) is 17.9. The van der Waals surface area contributed by atoms with Crippen LogP contribution in [0.5, 0.6) is 11.5 Å². The van der Waals surface area contributed by atoms with Gasteiger partial charge in [-0.3, -0.25) is 19.3 Å². The molecule has 4 rings (SSSR count). The summed E-state index contributed by atoms with van der Waals surface area (Å²) in [6.45, 7) is 0.0922. The highest BCUT2D eigenvalue weighted by atomic mass is 19.1. The fraction of sp³-hybridized carbons (Fsp3) is 0.250. The van der Waals surface area contributed by atoms with Gasteiger partial charge in [-0.05, 0) is 48.7 Å². The lowest BCUT2D eigenvalue weighted by molar-refractivity contribution is -0.122. The molecule has 0 atom stereocenters. The Kier molecular flexibility index (Phi) is 7.09. The number of halogens is 1. The van der Waals surface area contributed by atoms with Gasteiger partial charge in [-0.25, -0.2) is 4.39 Å². The average molecular weight is 449 g/mol. The van der Waals surface area contributed by atoms with Crippen LogP contribution >= 0.6 is 0 Å². The molecule has 0 radical (unpaired) electrons. The highest BCUT2D eigenvalue weighted by Gasteiger charge is 2.17. The van der Waals surface area contributed by atoms with Gasteiger partial charge in [-0.15, -0.1) is 0 Å². The van der Waals surface area contributed by atoms with Crippen molar-refractivity contribution in [1.29, 1.82) is 0 Å². The summed E-state index contributed by atoms with van der Waals surface area (Å²) in [6.07, 6.45) is 13.3. The Balaban J connectivity index is 1.28. The maximum Gasteiger partial charge on any atom is 0.248 e. The molecule has 2 heterocycles. The molecule has 2 N–H and O–H groups in total. The van der Waals surface area contributed by atoms with Crippen molar-refractivity contribution in [3.05, 3.63) is 72.6 Å². The summed E-state index contributed by atoms with van der Waals surface area (Å²) in [5, 5.41) is 9.78. The smallest absolute Gasteiger partial charge is 0.248 e. The van der Waals surface area contributed by atoms with E-state index in [2.05, 4.69) is 20.7 Å². The van der Waals surface area contributed by atoms with E-state index in [0.717, 1.165) is 25.7 Å². The Hall–Kier alpha value is -4.01. The topological polar surface area (TPSA) is 98.1 Å².